The summed E-state index contributed by atoms with van der Waals surface area (Å²) in [4.78, 5) is 25.4. The molecule has 0 aromatic heterocycles. The Bertz CT molecular complexity index is 748. The molecule has 0 spiro atoms. The Morgan fingerprint density at radius 3 is 2.40 bits per heavy atom. The summed E-state index contributed by atoms with van der Waals surface area (Å²) >= 11 is 5.90. The van der Waals surface area contributed by atoms with Crippen molar-refractivity contribution < 1.29 is 19.4 Å². The Morgan fingerprint density at radius 2 is 1.76 bits per heavy atom. The van der Waals surface area contributed by atoms with Crippen molar-refractivity contribution in [2.75, 3.05) is 13.1 Å². The first-order chi connectivity index (χ1) is 12.0. The van der Waals surface area contributed by atoms with Crippen molar-refractivity contribution in [3.8, 4) is 0 Å². The topological polar surface area (TPSA) is 66.8 Å². The number of hydrogen-bond acceptors (Lipinski definition) is 3. The lowest BCUT2D eigenvalue weighted by Gasteiger charge is -2.16. The number of hydrogen-bond donors (Lipinski definition) is 1. The predicted molar refractivity (Wildman–Crippen MR) is 93.5 cm³/mol. The molecular formula is C19H18ClNO4. The Kier molecular flexibility index (Phi) is 5.24. The van der Waals surface area contributed by atoms with Crippen molar-refractivity contribution in [3.05, 3.63) is 70.7 Å². The molecule has 0 radical (unpaired) electrons. The van der Waals surface area contributed by atoms with E-state index < -0.39 is 18.0 Å². The SMILES string of the molecule is O=C(O)[C@@H]1CN(C(=O)OCc2ccccc2)C[C@H]1c1ccc(Cl)cc1. The first-order valence-corrected chi connectivity index (χ1v) is 8.36. The van der Waals surface area contributed by atoms with Crippen LogP contribution in [0.25, 0.3) is 0 Å². The summed E-state index contributed by atoms with van der Waals surface area (Å²) in [6.45, 7) is 0.613. The van der Waals surface area contributed by atoms with Gasteiger partial charge in [0.25, 0.3) is 0 Å². The smallest absolute Gasteiger partial charge is 0.410 e. The number of rotatable bonds is 4. The zero-order valence-electron chi connectivity index (χ0n) is 13.5. The second kappa shape index (κ2) is 7.57. The highest BCUT2D eigenvalue weighted by atomic mass is 35.5. The van der Waals surface area contributed by atoms with E-state index in [4.69, 9.17) is 16.3 Å². The maximum absolute atomic E-state index is 12.3. The molecule has 1 heterocycles. The van der Waals surface area contributed by atoms with E-state index in [0.717, 1.165) is 11.1 Å². The minimum Gasteiger partial charge on any atom is -0.481 e. The quantitative estimate of drug-likeness (QED) is 0.902. The molecule has 0 saturated carbocycles. The van der Waals surface area contributed by atoms with Crippen LogP contribution in [0.5, 0.6) is 0 Å². The monoisotopic (exact) mass is 359 g/mol. The Labute approximate surface area is 150 Å². The van der Waals surface area contributed by atoms with Gasteiger partial charge in [0.15, 0.2) is 0 Å². The van der Waals surface area contributed by atoms with Crippen molar-refractivity contribution in [1.29, 1.82) is 0 Å². The van der Waals surface area contributed by atoms with Crippen LogP contribution < -0.4 is 0 Å². The van der Waals surface area contributed by atoms with E-state index in [2.05, 4.69) is 0 Å². The minimum absolute atomic E-state index is 0.135. The Morgan fingerprint density at radius 1 is 1.08 bits per heavy atom. The number of carboxylic acids is 1. The number of likely N-dealkylation sites (tertiary alicyclic amines) is 1. The number of ether oxygens (including phenoxy) is 1. The molecule has 5 nitrogen and oxygen atoms in total. The first kappa shape index (κ1) is 17.3. The molecule has 1 fully saturated rings. The largest absolute Gasteiger partial charge is 0.481 e. The van der Waals surface area contributed by atoms with Gasteiger partial charge in [0.1, 0.15) is 6.61 Å². The molecule has 0 bridgehead atoms. The molecule has 1 saturated heterocycles. The van der Waals surface area contributed by atoms with Crippen molar-refractivity contribution in [2.45, 2.75) is 12.5 Å². The molecule has 2 atom stereocenters. The lowest BCUT2D eigenvalue weighted by atomic mass is 9.89. The van der Waals surface area contributed by atoms with Gasteiger partial charge in [0.2, 0.25) is 0 Å². The van der Waals surface area contributed by atoms with Crippen molar-refractivity contribution in [2.24, 2.45) is 5.92 Å². The van der Waals surface area contributed by atoms with Crippen LogP contribution in [0.4, 0.5) is 4.79 Å². The number of carbonyl (C=O) groups is 2. The average molecular weight is 360 g/mol. The summed E-state index contributed by atoms with van der Waals surface area (Å²) in [5.74, 6) is -1.86. The van der Waals surface area contributed by atoms with Crippen LogP contribution in [0.3, 0.4) is 0 Å². The third-order valence-corrected chi connectivity index (χ3v) is 4.65. The lowest BCUT2D eigenvalue weighted by molar-refractivity contribution is -0.141. The maximum atomic E-state index is 12.3. The van der Waals surface area contributed by atoms with Crippen LogP contribution in [-0.2, 0) is 16.1 Å². The van der Waals surface area contributed by atoms with Gasteiger partial charge < -0.3 is 14.7 Å². The Hall–Kier alpha value is -2.53. The number of benzene rings is 2. The highest BCUT2D eigenvalue weighted by Gasteiger charge is 2.41. The molecule has 6 heteroatoms. The van der Waals surface area contributed by atoms with Gasteiger partial charge in [-0.05, 0) is 23.3 Å². The zero-order chi connectivity index (χ0) is 17.8. The molecule has 25 heavy (non-hydrogen) atoms. The van der Waals surface area contributed by atoms with Gasteiger partial charge in [-0.2, -0.15) is 0 Å². The first-order valence-electron chi connectivity index (χ1n) is 7.98. The van der Waals surface area contributed by atoms with Gasteiger partial charge >= 0.3 is 12.1 Å². The summed E-state index contributed by atoms with van der Waals surface area (Å²) in [6.07, 6.45) is -0.494. The normalized spacial score (nSPS) is 19.6. The lowest BCUT2D eigenvalue weighted by Crippen LogP contribution is -2.30. The number of amides is 1. The van der Waals surface area contributed by atoms with E-state index in [1.165, 1.54) is 4.90 Å². The second-order valence-corrected chi connectivity index (χ2v) is 6.48. The highest BCUT2D eigenvalue weighted by Crippen LogP contribution is 2.33. The molecule has 2 aromatic rings. The molecule has 1 N–H and O–H groups in total. The fourth-order valence-corrected chi connectivity index (χ4v) is 3.19. The molecule has 2 aromatic carbocycles. The van der Waals surface area contributed by atoms with Crippen LogP contribution in [0, 0.1) is 5.92 Å². The van der Waals surface area contributed by atoms with Crippen LogP contribution in [-0.4, -0.2) is 35.2 Å². The molecule has 3 rings (SSSR count). The van der Waals surface area contributed by atoms with Crippen LogP contribution in [0.2, 0.25) is 5.02 Å². The average Bonchev–Trinajstić information content (AvgIpc) is 3.07. The molecular weight excluding hydrogens is 342 g/mol. The van der Waals surface area contributed by atoms with Gasteiger partial charge in [-0.15, -0.1) is 0 Å². The number of nitrogens with zero attached hydrogens (tertiary/aromatic N) is 1. The van der Waals surface area contributed by atoms with Gasteiger partial charge in [-0.3, -0.25) is 4.79 Å². The van der Waals surface area contributed by atoms with Gasteiger partial charge in [0.05, 0.1) is 5.92 Å². The molecule has 130 valence electrons. The van der Waals surface area contributed by atoms with E-state index >= 15 is 0 Å². The van der Waals surface area contributed by atoms with E-state index in [1.807, 2.05) is 42.5 Å². The third kappa shape index (κ3) is 4.12. The minimum atomic E-state index is -0.918. The van der Waals surface area contributed by atoms with E-state index in [1.54, 1.807) is 12.1 Å². The van der Waals surface area contributed by atoms with E-state index in [-0.39, 0.29) is 19.1 Å². The maximum Gasteiger partial charge on any atom is 0.410 e. The molecule has 1 aliphatic rings. The predicted octanol–water partition coefficient (Wildman–Crippen LogP) is 3.78. The van der Waals surface area contributed by atoms with Gasteiger partial charge in [-0.1, -0.05) is 54.1 Å². The van der Waals surface area contributed by atoms with E-state index in [9.17, 15) is 14.7 Å². The zero-order valence-corrected chi connectivity index (χ0v) is 14.2. The third-order valence-electron chi connectivity index (χ3n) is 4.40. The van der Waals surface area contributed by atoms with Crippen LogP contribution in [0.15, 0.2) is 54.6 Å². The fraction of sp³-hybridized carbons (Fsp3) is 0.263. The number of carboxylic acid groups (broad SMARTS) is 1. The van der Waals surface area contributed by atoms with Gasteiger partial charge in [0, 0.05) is 24.0 Å². The Balaban J connectivity index is 1.68. The van der Waals surface area contributed by atoms with Crippen molar-refractivity contribution >= 4 is 23.7 Å². The molecule has 0 unspecified atom stereocenters. The molecule has 1 amide bonds. The van der Waals surface area contributed by atoms with Crippen LogP contribution in [0.1, 0.15) is 17.0 Å². The van der Waals surface area contributed by atoms with Crippen molar-refractivity contribution in [1.82, 2.24) is 4.90 Å². The summed E-state index contributed by atoms with van der Waals surface area (Å²) in [6, 6.07) is 16.4. The summed E-state index contributed by atoms with van der Waals surface area (Å²) in [5.41, 5.74) is 1.74. The molecule has 1 aliphatic heterocycles. The fourth-order valence-electron chi connectivity index (χ4n) is 3.06. The van der Waals surface area contributed by atoms with E-state index in [0.29, 0.717) is 11.6 Å². The van der Waals surface area contributed by atoms with Gasteiger partial charge in [-0.25, -0.2) is 4.79 Å². The van der Waals surface area contributed by atoms with Crippen LogP contribution >= 0.6 is 11.6 Å². The summed E-state index contributed by atoms with van der Waals surface area (Å²) in [7, 11) is 0. The number of carbonyl (C=O) groups excluding carboxylic acids is 1. The standard InChI is InChI=1S/C19H18ClNO4/c20-15-8-6-14(7-9-15)16-10-21(11-17(16)18(22)23)19(24)25-12-13-4-2-1-3-5-13/h1-9,16-17H,10-12H2,(H,22,23)/t16-,17+/m0/s1. The second-order valence-electron chi connectivity index (χ2n) is 6.05. The van der Waals surface area contributed by atoms with Crippen molar-refractivity contribution in [3.63, 3.8) is 0 Å². The number of aliphatic carboxylic acids is 1. The highest BCUT2D eigenvalue weighted by molar-refractivity contribution is 6.30. The summed E-state index contributed by atoms with van der Waals surface area (Å²) in [5, 5.41) is 10.1. The molecule has 0 aliphatic carbocycles. The summed E-state index contributed by atoms with van der Waals surface area (Å²) < 4.78 is 5.32. The number of halogens is 1.